The Morgan fingerprint density at radius 3 is 2.56 bits per heavy atom. The van der Waals surface area contributed by atoms with E-state index in [9.17, 15) is 9.90 Å². The lowest BCUT2D eigenvalue weighted by Gasteiger charge is -2.27. The van der Waals surface area contributed by atoms with E-state index in [-0.39, 0.29) is 5.56 Å². The summed E-state index contributed by atoms with van der Waals surface area (Å²) in [5.74, 6) is -0.00143. The minimum atomic E-state index is -0.921. The van der Waals surface area contributed by atoms with Crippen LogP contribution in [0, 0.1) is 0 Å². The highest BCUT2D eigenvalue weighted by Gasteiger charge is 2.13. The van der Waals surface area contributed by atoms with Crippen LogP contribution in [0.2, 0.25) is 0 Å². The summed E-state index contributed by atoms with van der Waals surface area (Å²) in [7, 11) is 0. The molecular weight excluding hydrogens is 314 g/mol. The van der Waals surface area contributed by atoms with Crippen LogP contribution >= 0.6 is 0 Å². The molecule has 0 radical (unpaired) electrons. The molecule has 0 aliphatic carbocycles. The van der Waals surface area contributed by atoms with Crippen LogP contribution in [-0.2, 0) is 0 Å². The summed E-state index contributed by atoms with van der Waals surface area (Å²) >= 11 is 0. The van der Waals surface area contributed by atoms with Gasteiger partial charge in [0.2, 0.25) is 0 Å². The van der Waals surface area contributed by atoms with Crippen LogP contribution in [0.25, 0.3) is 22.2 Å². The number of hydrogen-bond acceptors (Lipinski definition) is 4. The van der Waals surface area contributed by atoms with Gasteiger partial charge in [-0.1, -0.05) is 18.2 Å². The first-order valence-corrected chi connectivity index (χ1v) is 8.56. The van der Waals surface area contributed by atoms with Gasteiger partial charge in [-0.15, -0.1) is 0 Å². The third-order valence-electron chi connectivity index (χ3n) is 4.65. The van der Waals surface area contributed by atoms with Crippen molar-refractivity contribution in [1.82, 2.24) is 9.97 Å². The predicted octanol–water partition coefficient (Wildman–Crippen LogP) is 3.99. The van der Waals surface area contributed by atoms with Crippen LogP contribution in [-0.4, -0.2) is 34.1 Å². The summed E-state index contributed by atoms with van der Waals surface area (Å²) < 4.78 is 0. The molecule has 1 aliphatic heterocycles. The molecule has 1 N–H and O–H groups in total. The van der Waals surface area contributed by atoms with Crippen molar-refractivity contribution >= 4 is 22.8 Å². The summed E-state index contributed by atoms with van der Waals surface area (Å²) in [4.78, 5) is 22.8. The van der Waals surface area contributed by atoms with E-state index in [0.717, 1.165) is 41.1 Å². The van der Waals surface area contributed by atoms with Gasteiger partial charge in [-0.2, -0.15) is 0 Å². The molecule has 1 aliphatic rings. The van der Waals surface area contributed by atoms with Crippen LogP contribution in [0.5, 0.6) is 0 Å². The van der Waals surface area contributed by atoms with Gasteiger partial charge in [0, 0.05) is 13.1 Å². The Morgan fingerprint density at radius 2 is 1.76 bits per heavy atom. The van der Waals surface area contributed by atoms with Gasteiger partial charge in [0.05, 0.1) is 22.8 Å². The summed E-state index contributed by atoms with van der Waals surface area (Å²) in [5.41, 5.74) is 3.78. The second-order valence-electron chi connectivity index (χ2n) is 6.37. The van der Waals surface area contributed by atoms with Gasteiger partial charge in [0.1, 0.15) is 5.82 Å². The molecule has 0 saturated carbocycles. The quantitative estimate of drug-likeness (QED) is 0.785. The lowest BCUT2D eigenvalue weighted by atomic mass is 10.0. The lowest BCUT2D eigenvalue weighted by molar-refractivity contribution is 0.0697. The number of carbonyl (C=O) groups is 1. The minimum Gasteiger partial charge on any atom is -0.478 e. The molecule has 3 aromatic rings. The van der Waals surface area contributed by atoms with E-state index < -0.39 is 5.97 Å². The number of carboxylic acids is 1. The van der Waals surface area contributed by atoms with Crippen molar-refractivity contribution in [2.24, 2.45) is 0 Å². The van der Waals surface area contributed by atoms with Crippen molar-refractivity contribution in [1.29, 1.82) is 0 Å². The Hall–Kier alpha value is -2.95. The Balaban J connectivity index is 1.73. The van der Waals surface area contributed by atoms with Crippen LogP contribution in [0.1, 0.15) is 29.6 Å². The monoisotopic (exact) mass is 333 g/mol. The number of aromatic nitrogens is 2. The standard InChI is InChI=1S/C20H19N3O2/c24-20(25)16-6-4-5-14(11-16)15-7-8-17-18(12-15)22-19(13-21-17)23-9-2-1-3-10-23/h4-8,11-13H,1-3,9-10H2,(H,24,25). The Kier molecular flexibility index (Phi) is 4.06. The first-order valence-electron chi connectivity index (χ1n) is 8.56. The SMILES string of the molecule is O=C(O)c1cccc(-c2ccc3ncc(N4CCCCC4)nc3c2)c1. The van der Waals surface area contributed by atoms with E-state index in [0.29, 0.717) is 0 Å². The Bertz CT molecular complexity index is 933. The number of hydrogen-bond donors (Lipinski definition) is 1. The zero-order chi connectivity index (χ0) is 17.2. The molecule has 0 unspecified atom stereocenters. The number of piperidine rings is 1. The molecule has 1 fully saturated rings. The molecule has 4 rings (SSSR count). The molecule has 0 spiro atoms. The number of anilines is 1. The summed E-state index contributed by atoms with van der Waals surface area (Å²) in [5, 5.41) is 9.18. The minimum absolute atomic E-state index is 0.283. The van der Waals surface area contributed by atoms with Crippen molar-refractivity contribution in [3.05, 3.63) is 54.2 Å². The van der Waals surface area contributed by atoms with E-state index >= 15 is 0 Å². The van der Waals surface area contributed by atoms with E-state index in [1.165, 1.54) is 19.3 Å². The van der Waals surface area contributed by atoms with Crippen molar-refractivity contribution in [3.8, 4) is 11.1 Å². The molecule has 25 heavy (non-hydrogen) atoms. The fourth-order valence-electron chi connectivity index (χ4n) is 3.29. The molecule has 1 aromatic heterocycles. The van der Waals surface area contributed by atoms with E-state index in [1.54, 1.807) is 18.2 Å². The Labute approximate surface area is 146 Å². The highest BCUT2D eigenvalue weighted by molar-refractivity contribution is 5.90. The van der Waals surface area contributed by atoms with Crippen LogP contribution < -0.4 is 4.90 Å². The zero-order valence-corrected chi connectivity index (χ0v) is 13.9. The van der Waals surface area contributed by atoms with Crippen molar-refractivity contribution in [2.45, 2.75) is 19.3 Å². The first-order chi connectivity index (χ1) is 12.2. The molecule has 126 valence electrons. The van der Waals surface area contributed by atoms with Crippen LogP contribution in [0.4, 0.5) is 5.82 Å². The third kappa shape index (κ3) is 3.18. The number of nitrogens with zero attached hydrogens (tertiary/aromatic N) is 3. The molecule has 0 bridgehead atoms. The number of fused-ring (bicyclic) bond motifs is 1. The van der Waals surface area contributed by atoms with Gasteiger partial charge in [0.25, 0.3) is 0 Å². The van der Waals surface area contributed by atoms with E-state index in [1.807, 2.05) is 30.5 Å². The highest BCUT2D eigenvalue weighted by atomic mass is 16.4. The second-order valence-corrected chi connectivity index (χ2v) is 6.37. The summed E-state index contributed by atoms with van der Waals surface area (Å²) in [6.45, 7) is 2.06. The van der Waals surface area contributed by atoms with Crippen molar-refractivity contribution < 1.29 is 9.90 Å². The topological polar surface area (TPSA) is 66.3 Å². The average Bonchev–Trinajstić information content (AvgIpc) is 2.68. The smallest absolute Gasteiger partial charge is 0.335 e. The average molecular weight is 333 g/mol. The fraction of sp³-hybridized carbons (Fsp3) is 0.250. The predicted molar refractivity (Wildman–Crippen MR) is 98.0 cm³/mol. The van der Waals surface area contributed by atoms with Crippen molar-refractivity contribution in [2.75, 3.05) is 18.0 Å². The molecule has 2 heterocycles. The highest BCUT2D eigenvalue weighted by Crippen LogP contribution is 2.25. The van der Waals surface area contributed by atoms with Gasteiger partial charge in [-0.25, -0.2) is 9.78 Å². The zero-order valence-electron chi connectivity index (χ0n) is 13.9. The third-order valence-corrected chi connectivity index (χ3v) is 4.65. The molecular formula is C20H19N3O2. The normalized spacial score (nSPS) is 14.6. The maximum absolute atomic E-state index is 11.2. The Morgan fingerprint density at radius 1 is 0.960 bits per heavy atom. The maximum Gasteiger partial charge on any atom is 0.335 e. The van der Waals surface area contributed by atoms with Gasteiger partial charge >= 0.3 is 5.97 Å². The number of rotatable bonds is 3. The number of benzene rings is 2. The van der Waals surface area contributed by atoms with Gasteiger partial charge in [-0.3, -0.25) is 4.98 Å². The number of carboxylic acid groups (broad SMARTS) is 1. The van der Waals surface area contributed by atoms with Gasteiger partial charge < -0.3 is 10.0 Å². The second kappa shape index (κ2) is 6.51. The molecule has 5 heteroatoms. The molecule has 0 atom stereocenters. The lowest BCUT2D eigenvalue weighted by Crippen LogP contribution is -2.30. The van der Waals surface area contributed by atoms with Gasteiger partial charge in [-0.05, 0) is 54.7 Å². The maximum atomic E-state index is 11.2. The van der Waals surface area contributed by atoms with E-state index in [4.69, 9.17) is 4.98 Å². The largest absolute Gasteiger partial charge is 0.478 e. The fourth-order valence-corrected chi connectivity index (χ4v) is 3.29. The van der Waals surface area contributed by atoms with Crippen molar-refractivity contribution in [3.63, 3.8) is 0 Å². The molecule has 0 amide bonds. The first kappa shape index (κ1) is 15.6. The number of aromatic carboxylic acids is 1. The molecule has 5 nitrogen and oxygen atoms in total. The summed E-state index contributed by atoms with van der Waals surface area (Å²) in [6, 6.07) is 12.8. The molecule has 1 saturated heterocycles. The molecule has 2 aromatic carbocycles. The van der Waals surface area contributed by atoms with Crippen LogP contribution in [0.15, 0.2) is 48.7 Å². The van der Waals surface area contributed by atoms with Gasteiger partial charge in [0.15, 0.2) is 0 Å². The summed E-state index contributed by atoms with van der Waals surface area (Å²) in [6.07, 6.45) is 5.52. The van der Waals surface area contributed by atoms with Crippen LogP contribution in [0.3, 0.4) is 0 Å². The van der Waals surface area contributed by atoms with E-state index in [2.05, 4.69) is 9.88 Å².